The molecule has 3 nitrogen and oxygen atoms in total. The zero-order valence-electron chi connectivity index (χ0n) is 9.95. The number of hydrogen-bond acceptors (Lipinski definition) is 2. The summed E-state index contributed by atoms with van der Waals surface area (Å²) in [5, 5.41) is 3.91. The molecule has 1 heterocycles. The van der Waals surface area contributed by atoms with Gasteiger partial charge in [0.2, 0.25) is 5.91 Å². The van der Waals surface area contributed by atoms with Gasteiger partial charge in [0.25, 0.3) is 0 Å². The average molecular weight is 253 g/mol. The largest absolute Gasteiger partial charge is 0.341 e. The molecule has 1 amide bonds. The minimum Gasteiger partial charge on any atom is -0.341 e. The van der Waals surface area contributed by atoms with Crippen molar-refractivity contribution in [2.24, 2.45) is 0 Å². The molecule has 0 bridgehead atoms. The van der Waals surface area contributed by atoms with Gasteiger partial charge in [0.15, 0.2) is 0 Å². The minimum absolute atomic E-state index is 0.199. The first-order valence-corrected chi connectivity index (χ1v) is 6.26. The van der Waals surface area contributed by atoms with E-state index < -0.39 is 0 Å². The number of rotatable bonds is 3. The maximum atomic E-state index is 12.0. The van der Waals surface area contributed by atoms with E-state index in [1.165, 1.54) is 0 Å². The number of likely N-dealkylation sites (tertiary alicyclic amines) is 1. The Hall–Kier alpha value is -1.06. The van der Waals surface area contributed by atoms with Gasteiger partial charge in [0.05, 0.1) is 6.42 Å². The molecule has 2 rings (SSSR count). The van der Waals surface area contributed by atoms with Gasteiger partial charge in [-0.2, -0.15) is 0 Å². The summed E-state index contributed by atoms with van der Waals surface area (Å²) in [5.74, 6) is 0.199. The maximum Gasteiger partial charge on any atom is 0.227 e. The lowest BCUT2D eigenvalue weighted by Crippen LogP contribution is -2.34. The summed E-state index contributed by atoms with van der Waals surface area (Å²) in [5.41, 5.74) is 1.02. The van der Waals surface area contributed by atoms with Gasteiger partial charge in [-0.1, -0.05) is 23.7 Å². The Labute approximate surface area is 107 Å². The number of halogens is 1. The van der Waals surface area contributed by atoms with Crippen molar-refractivity contribution >= 4 is 17.5 Å². The smallest absolute Gasteiger partial charge is 0.227 e. The molecular formula is C13H17ClN2O. The summed E-state index contributed by atoms with van der Waals surface area (Å²) < 4.78 is 0. The zero-order chi connectivity index (χ0) is 12.3. The molecule has 0 radical (unpaired) electrons. The second-order valence-corrected chi connectivity index (χ2v) is 4.85. The number of likely N-dealkylation sites (N-methyl/N-ethyl adjacent to an activating group) is 1. The number of nitrogens with zero attached hydrogens (tertiary/aromatic N) is 1. The van der Waals surface area contributed by atoms with Crippen LogP contribution in [0.4, 0.5) is 0 Å². The van der Waals surface area contributed by atoms with E-state index in [9.17, 15) is 4.79 Å². The monoisotopic (exact) mass is 252 g/mol. The third kappa shape index (κ3) is 3.20. The number of amides is 1. The second kappa shape index (κ2) is 5.52. The quantitative estimate of drug-likeness (QED) is 0.888. The van der Waals surface area contributed by atoms with Crippen molar-refractivity contribution in [1.82, 2.24) is 10.2 Å². The van der Waals surface area contributed by atoms with E-state index in [0.717, 1.165) is 25.1 Å². The predicted octanol–water partition coefficient (Wildman–Crippen LogP) is 1.70. The van der Waals surface area contributed by atoms with Crippen molar-refractivity contribution in [3.05, 3.63) is 34.9 Å². The van der Waals surface area contributed by atoms with Gasteiger partial charge in [-0.05, 0) is 31.2 Å². The first-order valence-electron chi connectivity index (χ1n) is 5.88. The summed E-state index contributed by atoms with van der Waals surface area (Å²) in [6.45, 7) is 1.68. The Balaban J connectivity index is 1.91. The maximum absolute atomic E-state index is 12.0. The van der Waals surface area contributed by atoms with E-state index in [1.807, 2.05) is 36.2 Å². The van der Waals surface area contributed by atoms with Crippen LogP contribution in [0.25, 0.3) is 0 Å². The van der Waals surface area contributed by atoms with Crippen LogP contribution in [0, 0.1) is 0 Å². The molecule has 1 atom stereocenters. The van der Waals surface area contributed by atoms with Crippen molar-refractivity contribution in [3.8, 4) is 0 Å². The molecule has 4 heteroatoms. The summed E-state index contributed by atoms with van der Waals surface area (Å²) in [7, 11) is 1.94. The molecule has 1 N–H and O–H groups in total. The third-order valence-corrected chi connectivity index (χ3v) is 3.47. The highest BCUT2D eigenvalue weighted by Gasteiger charge is 2.24. The van der Waals surface area contributed by atoms with Crippen LogP contribution in [-0.2, 0) is 11.2 Å². The molecule has 1 aromatic carbocycles. The lowest BCUT2D eigenvalue weighted by Gasteiger charge is -2.16. The van der Waals surface area contributed by atoms with Gasteiger partial charge in [0.1, 0.15) is 0 Å². The van der Waals surface area contributed by atoms with Crippen LogP contribution < -0.4 is 5.32 Å². The zero-order valence-corrected chi connectivity index (χ0v) is 10.7. The first kappa shape index (κ1) is 12.4. The minimum atomic E-state index is 0.199. The molecule has 1 fully saturated rings. The molecule has 0 aliphatic carbocycles. The Kier molecular flexibility index (Phi) is 4.02. The molecule has 17 heavy (non-hydrogen) atoms. The molecule has 0 saturated carbocycles. The Bertz CT molecular complexity index is 391. The molecule has 1 aliphatic rings. The average Bonchev–Trinajstić information content (AvgIpc) is 2.81. The van der Waals surface area contributed by atoms with Crippen LogP contribution in [0.3, 0.4) is 0 Å². The highest BCUT2D eigenvalue weighted by Crippen LogP contribution is 2.13. The number of hydrogen-bond donors (Lipinski definition) is 1. The topological polar surface area (TPSA) is 32.3 Å². The second-order valence-electron chi connectivity index (χ2n) is 4.42. The fourth-order valence-electron chi connectivity index (χ4n) is 2.11. The van der Waals surface area contributed by atoms with E-state index >= 15 is 0 Å². The highest BCUT2D eigenvalue weighted by atomic mass is 35.5. The third-order valence-electron chi connectivity index (χ3n) is 3.22. The summed E-state index contributed by atoms with van der Waals surface area (Å²) in [6, 6.07) is 7.91. The Morgan fingerprint density at radius 3 is 2.76 bits per heavy atom. The molecule has 0 spiro atoms. The summed E-state index contributed by atoms with van der Waals surface area (Å²) in [4.78, 5) is 14.0. The van der Waals surface area contributed by atoms with Gasteiger partial charge in [-0.15, -0.1) is 0 Å². The lowest BCUT2D eigenvalue weighted by molar-refractivity contribution is -0.129. The van der Waals surface area contributed by atoms with Gasteiger partial charge < -0.3 is 10.2 Å². The van der Waals surface area contributed by atoms with E-state index in [-0.39, 0.29) is 5.91 Å². The summed E-state index contributed by atoms with van der Waals surface area (Å²) in [6.07, 6.45) is 1.51. The molecule has 1 unspecified atom stereocenters. The molecule has 1 aliphatic heterocycles. The normalized spacial score (nSPS) is 19.6. The van der Waals surface area contributed by atoms with Crippen LogP contribution >= 0.6 is 11.6 Å². The van der Waals surface area contributed by atoms with Gasteiger partial charge in [0, 0.05) is 24.2 Å². The highest BCUT2D eigenvalue weighted by molar-refractivity contribution is 6.30. The van der Waals surface area contributed by atoms with Crippen LogP contribution in [0.2, 0.25) is 5.02 Å². The molecule has 92 valence electrons. The first-order chi connectivity index (χ1) is 8.19. The molecular weight excluding hydrogens is 236 g/mol. The van der Waals surface area contributed by atoms with Crippen molar-refractivity contribution in [3.63, 3.8) is 0 Å². The molecule has 1 saturated heterocycles. The van der Waals surface area contributed by atoms with Crippen LogP contribution in [0.1, 0.15) is 12.0 Å². The number of carbonyl (C=O) groups excluding carboxylic acids is 1. The van der Waals surface area contributed by atoms with E-state index in [2.05, 4.69) is 5.32 Å². The van der Waals surface area contributed by atoms with Crippen molar-refractivity contribution < 1.29 is 4.79 Å². The molecule has 0 aromatic heterocycles. The van der Waals surface area contributed by atoms with Crippen molar-refractivity contribution in [2.75, 3.05) is 20.1 Å². The SMILES string of the molecule is CNC1CCN(C(=O)Cc2ccc(Cl)cc2)C1. The van der Waals surface area contributed by atoms with E-state index in [0.29, 0.717) is 17.5 Å². The number of benzene rings is 1. The van der Waals surface area contributed by atoms with Crippen LogP contribution in [-0.4, -0.2) is 37.0 Å². The standard InChI is InChI=1S/C13H17ClN2O/c1-15-12-6-7-16(9-12)13(17)8-10-2-4-11(14)5-3-10/h2-5,12,15H,6-9H2,1H3. The predicted molar refractivity (Wildman–Crippen MR) is 69.2 cm³/mol. The number of nitrogens with one attached hydrogen (secondary N) is 1. The van der Waals surface area contributed by atoms with Crippen molar-refractivity contribution in [1.29, 1.82) is 0 Å². The summed E-state index contributed by atoms with van der Waals surface area (Å²) >= 11 is 5.81. The van der Waals surface area contributed by atoms with E-state index in [4.69, 9.17) is 11.6 Å². The number of carbonyl (C=O) groups is 1. The van der Waals surface area contributed by atoms with Gasteiger partial charge in [-0.25, -0.2) is 0 Å². The van der Waals surface area contributed by atoms with Crippen molar-refractivity contribution in [2.45, 2.75) is 18.9 Å². The fourth-order valence-corrected chi connectivity index (χ4v) is 2.24. The lowest BCUT2D eigenvalue weighted by atomic mass is 10.1. The van der Waals surface area contributed by atoms with Gasteiger partial charge in [-0.3, -0.25) is 4.79 Å². The van der Waals surface area contributed by atoms with E-state index in [1.54, 1.807) is 0 Å². The Morgan fingerprint density at radius 2 is 2.18 bits per heavy atom. The van der Waals surface area contributed by atoms with Crippen LogP contribution in [0.5, 0.6) is 0 Å². The molecule has 1 aromatic rings. The fraction of sp³-hybridized carbons (Fsp3) is 0.462. The van der Waals surface area contributed by atoms with Gasteiger partial charge >= 0.3 is 0 Å². The Morgan fingerprint density at radius 1 is 1.47 bits per heavy atom. The van der Waals surface area contributed by atoms with Crippen LogP contribution in [0.15, 0.2) is 24.3 Å².